The number of rotatable bonds is 2. The molecule has 7 aromatic rings. The Kier molecular flexibility index (Phi) is 7.28. The zero-order valence-corrected chi connectivity index (χ0v) is 38.0. The van der Waals surface area contributed by atoms with E-state index in [1.807, 2.05) is 0 Å². The molecule has 5 aromatic carbocycles. The fraction of sp³-hybridized carbons (Fsp3) is 0.358. The highest BCUT2D eigenvalue weighted by molar-refractivity contribution is 7.40. The number of hydrogen-bond donors (Lipinski definition) is 0. The maximum Gasteiger partial charge on any atom is 0.277 e. The molecule has 2 aromatic heterocycles. The van der Waals surface area contributed by atoms with Crippen molar-refractivity contribution in [1.82, 2.24) is 0 Å². The van der Waals surface area contributed by atoms with Gasteiger partial charge in [0.1, 0.15) is 0 Å². The molecule has 0 bridgehead atoms. The van der Waals surface area contributed by atoms with Crippen molar-refractivity contribution in [2.45, 2.75) is 123 Å². The summed E-state index contributed by atoms with van der Waals surface area (Å²) in [5.74, 6) is 0. The number of benzene rings is 5. The smallest absolute Gasteiger partial charge is 0.277 e. The van der Waals surface area contributed by atoms with E-state index in [1.54, 1.807) is 0 Å². The summed E-state index contributed by atoms with van der Waals surface area (Å²) >= 11 is 4.11. The van der Waals surface area contributed by atoms with E-state index in [4.69, 9.17) is 0 Å². The highest BCUT2D eigenvalue weighted by Crippen LogP contribution is 2.57. The second kappa shape index (κ2) is 11.5. The molecule has 0 fully saturated rings. The van der Waals surface area contributed by atoms with Crippen molar-refractivity contribution in [3.05, 3.63) is 124 Å². The van der Waals surface area contributed by atoms with Gasteiger partial charge < -0.3 is 9.80 Å². The zero-order chi connectivity index (χ0) is 40.6. The zero-order valence-electron chi connectivity index (χ0n) is 36.4. The quantitative estimate of drug-likeness (QED) is 0.161. The first-order valence-corrected chi connectivity index (χ1v) is 23.0. The summed E-state index contributed by atoms with van der Waals surface area (Å²) in [7, 11) is 0. The van der Waals surface area contributed by atoms with Crippen molar-refractivity contribution >= 4 is 98.7 Å². The van der Waals surface area contributed by atoms with Gasteiger partial charge in [-0.3, -0.25) is 0 Å². The molecule has 0 spiro atoms. The Morgan fingerprint density at radius 1 is 0.534 bits per heavy atom. The minimum atomic E-state index is 0.0750. The van der Waals surface area contributed by atoms with Crippen molar-refractivity contribution in [3.63, 3.8) is 0 Å². The first-order chi connectivity index (χ1) is 27.2. The maximum absolute atomic E-state index is 2.66. The van der Waals surface area contributed by atoms with Crippen molar-refractivity contribution in [2.75, 3.05) is 9.80 Å². The van der Waals surface area contributed by atoms with E-state index in [1.165, 1.54) is 116 Å². The number of nitrogens with zero attached hydrogens (tertiary/aromatic N) is 2. The van der Waals surface area contributed by atoms with Crippen molar-refractivity contribution in [1.29, 1.82) is 0 Å². The molecule has 2 aliphatic carbocycles. The Bertz CT molecular complexity index is 2900. The molecule has 58 heavy (non-hydrogen) atoms. The third kappa shape index (κ3) is 4.96. The third-order valence-corrected chi connectivity index (χ3v) is 16.8. The standard InChI is InChI=1S/C53H55BN2S2/c1-30-22-40-44-41(23-30)56(33-20-18-31(19-21-33)49(2,3)4)46-35-25-37-39(53(11,12)29-51(37,7)8)27-43(35)58-48(46)54(44)47-45(55(40)32-16-14-13-15-17-32)34-24-36-38(26-42(34)57-47)52(9,10)28-50(36,5)6/h13-27H,28-29H2,1-12H3. The lowest BCUT2D eigenvalue weighted by Crippen LogP contribution is -2.59. The predicted octanol–water partition coefficient (Wildman–Crippen LogP) is 13.7. The summed E-state index contributed by atoms with van der Waals surface area (Å²) < 4.78 is 5.76. The normalized spacial score (nSPS) is 19.0. The molecule has 0 saturated carbocycles. The minimum absolute atomic E-state index is 0.0750. The molecule has 4 heterocycles. The molecule has 2 aliphatic heterocycles. The Labute approximate surface area is 354 Å². The van der Waals surface area contributed by atoms with Crippen molar-refractivity contribution < 1.29 is 0 Å². The van der Waals surface area contributed by atoms with Crippen LogP contribution in [0.3, 0.4) is 0 Å². The van der Waals surface area contributed by atoms with Gasteiger partial charge in [0.25, 0.3) is 6.71 Å². The molecular formula is C53H55BN2S2. The molecule has 2 nitrogen and oxygen atoms in total. The summed E-state index contributed by atoms with van der Waals surface area (Å²) in [4.78, 5) is 5.29. The number of para-hydroxylation sites is 1. The van der Waals surface area contributed by atoms with Gasteiger partial charge in [0.2, 0.25) is 0 Å². The summed E-state index contributed by atoms with van der Waals surface area (Å²) in [5, 5.41) is 2.79. The van der Waals surface area contributed by atoms with Gasteiger partial charge in [-0.25, -0.2) is 0 Å². The summed E-state index contributed by atoms with van der Waals surface area (Å²) in [6, 6.07) is 36.1. The average molecular weight is 795 g/mol. The van der Waals surface area contributed by atoms with Crippen LogP contribution in [0.5, 0.6) is 0 Å². The molecule has 4 aliphatic rings. The minimum Gasteiger partial charge on any atom is -0.310 e. The molecular weight excluding hydrogens is 740 g/mol. The van der Waals surface area contributed by atoms with E-state index in [-0.39, 0.29) is 33.8 Å². The van der Waals surface area contributed by atoms with Crippen molar-refractivity contribution in [2.24, 2.45) is 0 Å². The van der Waals surface area contributed by atoms with Gasteiger partial charge in [-0.2, -0.15) is 0 Å². The lowest BCUT2D eigenvalue weighted by atomic mass is 9.39. The first-order valence-electron chi connectivity index (χ1n) is 21.4. The number of fused-ring (bicyclic) bond motifs is 10. The first kappa shape index (κ1) is 36.7. The molecule has 11 rings (SSSR count). The molecule has 0 atom stereocenters. The van der Waals surface area contributed by atoms with Gasteiger partial charge in [0.15, 0.2) is 0 Å². The monoisotopic (exact) mass is 794 g/mol. The van der Waals surface area contributed by atoms with Crippen LogP contribution in [0.2, 0.25) is 0 Å². The van der Waals surface area contributed by atoms with Crippen LogP contribution in [-0.2, 0) is 27.1 Å². The van der Waals surface area contributed by atoms with Crippen LogP contribution in [0.25, 0.3) is 20.2 Å². The highest BCUT2D eigenvalue weighted by atomic mass is 32.1. The largest absolute Gasteiger partial charge is 0.310 e. The van der Waals surface area contributed by atoms with Crippen LogP contribution in [-0.4, -0.2) is 6.71 Å². The molecule has 0 unspecified atom stereocenters. The molecule has 0 saturated heterocycles. The second-order valence-corrected chi connectivity index (χ2v) is 23.9. The lowest BCUT2D eigenvalue weighted by Gasteiger charge is -2.42. The van der Waals surface area contributed by atoms with Crippen LogP contribution in [0.15, 0.2) is 91.0 Å². The van der Waals surface area contributed by atoms with E-state index in [2.05, 4.69) is 207 Å². The molecule has 0 amide bonds. The Balaban J connectivity index is 1.27. The van der Waals surface area contributed by atoms with Crippen LogP contribution in [0.4, 0.5) is 34.1 Å². The number of aryl methyl sites for hydroxylation is 1. The van der Waals surface area contributed by atoms with Crippen molar-refractivity contribution in [3.8, 4) is 0 Å². The van der Waals surface area contributed by atoms with E-state index in [0.29, 0.717) is 0 Å². The summed E-state index contributed by atoms with van der Waals surface area (Å²) in [6.07, 6.45) is 2.33. The summed E-state index contributed by atoms with van der Waals surface area (Å²) in [6.45, 7) is 29.0. The molecule has 0 radical (unpaired) electrons. The molecule has 0 N–H and O–H groups in total. The molecule has 5 heteroatoms. The maximum atomic E-state index is 2.66. The van der Waals surface area contributed by atoms with Gasteiger partial charge in [-0.05, 0) is 146 Å². The van der Waals surface area contributed by atoms with E-state index in [0.717, 1.165) is 0 Å². The lowest BCUT2D eigenvalue weighted by molar-refractivity contribution is 0.403. The highest BCUT2D eigenvalue weighted by Gasteiger charge is 2.49. The van der Waals surface area contributed by atoms with E-state index < -0.39 is 0 Å². The van der Waals surface area contributed by atoms with Gasteiger partial charge in [0, 0.05) is 52.5 Å². The molecule has 292 valence electrons. The van der Waals surface area contributed by atoms with Crippen LogP contribution in [0.1, 0.15) is 122 Å². The number of hydrogen-bond acceptors (Lipinski definition) is 4. The van der Waals surface area contributed by atoms with Crippen LogP contribution >= 0.6 is 22.7 Å². The fourth-order valence-corrected chi connectivity index (χ4v) is 15.0. The van der Waals surface area contributed by atoms with E-state index >= 15 is 0 Å². The fourth-order valence-electron chi connectivity index (χ4n) is 12.3. The van der Waals surface area contributed by atoms with Crippen LogP contribution < -0.4 is 24.8 Å². The van der Waals surface area contributed by atoms with Gasteiger partial charge in [-0.1, -0.05) is 106 Å². The SMILES string of the molecule is Cc1cc2c3c(c1)N(c1ccc(C(C)(C)C)cc1)c1c(sc4cc5c(cc14)C(C)(C)CC5(C)C)B3c1sc3cc4c(cc3c1N2c1ccccc1)C(C)(C)CC4(C)C. The Morgan fingerprint density at radius 3 is 1.38 bits per heavy atom. The number of thiophene rings is 2. The number of anilines is 6. The predicted molar refractivity (Wildman–Crippen MR) is 256 cm³/mol. The topological polar surface area (TPSA) is 6.48 Å². The summed E-state index contributed by atoms with van der Waals surface area (Å²) in [5.41, 5.74) is 18.6. The van der Waals surface area contributed by atoms with Gasteiger partial charge in [-0.15, -0.1) is 22.7 Å². The van der Waals surface area contributed by atoms with Gasteiger partial charge >= 0.3 is 0 Å². The second-order valence-electron chi connectivity index (χ2n) is 21.8. The van der Waals surface area contributed by atoms with E-state index in [9.17, 15) is 0 Å². The van der Waals surface area contributed by atoms with Crippen LogP contribution in [0, 0.1) is 6.92 Å². The Hall–Kier alpha value is -4.32. The van der Waals surface area contributed by atoms with Gasteiger partial charge in [0.05, 0.1) is 11.4 Å². The third-order valence-electron chi connectivity index (χ3n) is 14.4. The Morgan fingerprint density at radius 2 is 0.948 bits per heavy atom. The average Bonchev–Trinajstić information content (AvgIpc) is 3.80.